The van der Waals surface area contributed by atoms with E-state index in [0.29, 0.717) is 17.5 Å². The number of para-hydroxylation sites is 3. The average molecular weight is 657 g/mol. The quantitative estimate of drug-likeness (QED) is 0.188. The topological polar surface area (TPSA) is 68.2 Å². The van der Waals surface area contributed by atoms with Crippen molar-refractivity contribution in [1.29, 1.82) is 0 Å². The van der Waals surface area contributed by atoms with Crippen LogP contribution in [0.15, 0.2) is 161 Å². The minimum absolute atomic E-state index is 0.0514. The number of rotatable bonds is 4. The summed E-state index contributed by atoms with van der Waals surface area (Å²) in [5.74, 6) is 2.73. The Balaban J connectivity index is 1.14. The fraction of sp³-hybridized carbons (Fsp3) is 0.0444. The summed E-state index contributed by atoms with van der Waals surface area (Å²) in [7, 11) is 0. The SMILES string of the molecule is C1=CC2C(c3ccccc3N2c2ccccc2)c2c1oc1cccc(-c3nc(-c4ccccc4)nc(-c4ccc5oc6ccccc6c5c4)n3)c21. The molecule has 2 aliphatic rings. The number of hydrogen-bond donors (Lipinski definition) is 0. The second kappa shape index (κ2) is 10.9. The summed E-state index contributed by atoms with van der Waals surface area (Å²) in [4.78, 5) is 17.9. The second-order valence-electron chi connectivity index (χ2n) is 13.1. The number of fused-ring (bicyclic) bond motifs is 10. The molecule has 11 rings (SSSR count). The first-order valence-corrected chi connectivity index (χ1v) is 17.2. The Labute approximate surface area is 293 Å². The van der Waals surface area contributed by atoms with Crippen molar-refractivity contribution < 1.29 is 8.83 Å². The van der Waals surface area contributed by atoms with Crippen LogP contribution in [0, 0.1) is 0 Å². The summed E-state index contributed by atoms with van der Waals surface area (Å²) in [6.45, 7) is 0. The highest BCUT2D eigenvalue weighted by molar-refractivity contribution is 6.06. The van der Waals surface area contributed by atoms with Crippen LogP contribution in [0.2, 0.25) is 0 Å². The van der Waals surface area contributed by atoms with Crippen molar-refractivity contribution >= 4 is 50.4 Å². The Hall–Kier alpha value is -6.79. The van der Waals surface area contributed by atoms with E-state index in [2.05, 4.69) is 89.8 Å². The first-order valence-electron chi connectivity index (χ1n) is 17.2. The zero-order valence-electron chi connectivity index (χ0n) is 27.3. The summed E-state index contributed by atoms with van der Waals surface area (Å²) >= 11 is 0. The molecule has 0 N–H and O–H groups in total. The largest absolute Gasteiger partial charge is 0.456 e. The Kier molecular flexibility index (Phi) is 5.98. The van der Waals surface area contributed by atoms with Crippen LogP contribution in [0.4, 0.5) is 11.4 Å². The van der Waals surface area contributed by atoms with Gasteiger partial charge in [0, 0.05) is 55.7 Å². The molecule has 240 valence electrons. The van der Waals surface area contributed by atoms with Crippen LogP contribution >= 0.6 is 0 Å². The van der Waals surface area contributed by atoms with Gasteiger partial charge in [-0.15, -0.1) is 0 Å². The van der Waals surface area contributed by atoms with Gasteiger partial charge in [0.05, 0.1) is 6.04 Å². The number of aromatic nitrogens is 3. The minimum Gasteiger partial charge on any atom is -0.456 e. The van der Waals surface area contributed by atoms with Gasteiger partial charge in [0.15, 0.2) is 17.5 Å². The molecule has 6 nitrogen and oxygen atoms in total. The molecule has 0 saturated heterocycles. The number of benzene rings is 6. The highest BCUT2D eigenvalue weighted by atomic mass is 16.3. The van der Waals surface area contributed by atoms with Gasteiger partial charge in [-0.2, -0.15) is 0 Å². The van der Waals surface area contributed by atoms with Crippen molar-refractivity contribution in [2.45, 2.75) is 12.0 Å². The zero-order valence-corrected chi connectivity index (χ0v) is 27.3. The highest BCUT2D eigenvalue weighted by Gasteiger charge is 2.43. The Bertz CT molecular complexity index is 2840. The third-order valence-electron chi connectivity index (χ3n) is 10.3. The van der Waals surface area contributed by atoms with Crippen LogP contribution in [0.3, 0.4) is 0 Å². The van der Waals surface area contributed by atoms with Crippen molar-refractivity contribution in [3.63, 3.8) is 0 Å². The van der Waals surface area contributed by atoms with Gasteiger partial charge in [0.1, 0.15) is 22.5 Å². The van der Waals surface area contributed by atoms with Crippen molar-refractivity contribution in [3.8, 4) is 34.2 Å². The van der Waals surface area contributed by atoms with E-state index >= 15 is 0 Å². The minimum atomic E-state index is 0.0514. The summed E-state index contributed by atoms with van der Waals surface area (Å²) in [5, 5.41) is 3.12. The molecular formula is C45H28N4O2. The highest BCUT2D eigenvalue weighted by Crippen LogP contribution is 2.54. The fourth-order valence-electron chi connectivity index (χ4n) is 8.09. The number of anilines is 2. The van der Waals surface area contributed by atoms with E-state index in [4.69, 9.17) is 23.8 Å². The van der Waals surface area contributed by atoms with Gasteiger partial charge in [-0.05, 0) is 60.2 Å². The van der Waals surface area contributed by atoms with Crippen LogP contribution in [0.5, 0.6) is 0 Å². The summed E-state index contributed by atoms with van der Waals surface area (Å²) < 4.78 is 12.8. The van der Waals surface area contributed by atoms with E-state index in [-0.39, 0.29) is 12.0 Å². The molecule has 0 saturated carbocycles. The number of furan rings is 2. The molecule has 0 spiro atoms. The predicted octanol–water partition coefficient (Wildman–Crippen LogP) is 11.2. The molecule has 51 heavy (non-hydrogen) atoms. The van der Waals surface area contributed by atoms with Crippen LogP contribution < -0.4 is 4.90 Å². The van der Waals surface area contributed by atoms with E-state index in [9.17, 15) is 0 Å². The van der Waals surface area contributed by atoms with Crippen LogP contribution in [-0.4, -0.2) is 21.0 Å². The van der Waals surface area contributed by atoms with E-state index in [1.165, 1.54) is 11.3 Å². The third-order valence-corrected chi connectivity index (χ3v) is 10.3. The zero-order chi connectivity index (χ0) is 33.5. The Morgan fingerprint density at radius 1 is 0.529 bits per heavy atom. The molecule has 2 unspecified atom stereocenters. The molecule has 0 bridgehead atoms. The molecule has 4 heterocycles. The van der Waals surface area contributed by atoms with E-state index in [1.807, 2.05) is 72.8 Å². The molecule has 9 aromatic rings. The lowest BCUT2D eigenvalue weighted by Gasteiger charge is -2.30. The summed E-state index contributed by atoms with van der Waals surface area (Å²) in [6, 6.07) is 50.0. The maximum Gasteiger partial charge on any atom is 0.164 e. The molecule has 3 aromatic heterocycles. The molecule has 1 aliphatic heterocycles. The first kappa shape index (κ1) is 28.1. The molecule has 6 aromatic carbocycles. The standard InChI is InChI=1S/C45H28N4O2/c1-3-12-27(13-4-1)43-46-44(28-22-24-37-33(26-28)30-16-8-10-20-36(30)50-37)48-45(47-43)32-18-11-21-38-41(32)42-39(51-38)25-23-35-40(42)31-17-7-9-19-34(31)49(35)29-14-5-2-6-15-29/h1-26,35,40H. The van der Waals surface area contributed by atoms with Gasteiger partial charge in [-0.25, -0.2) is 15.0 Å². The van der Waals surface area contributed by atoms with Gasteiger partial charge >= 0.3 is 0 Å². The van der Waals surface area contributed by atoms with Gasteiger partial charge in [0.25, 0.3) is 0 Å². The third kappa shape index (κ3) is 4.26. The molecule has 6 heteroatoms. The van der Waals surface area contributed by atoms with Crippen molar-refractivity contribution in [3.05, 3.63) is 169 Å². The van der Waals surface area contributed by atoms with Gasteiger partial charge in [-0.3, -0.25) is 0 Å². The van der Waals surface area contributed by atoms with Crippen LogP contribution in [0.25, 0.3) is 73.1 Å². The molecule has 0 radical (unpaired) electrons. The maximum atomic E-state index is 6.64. The molecule has 2 atom stereocenters. The number of nitrogens with zero attached hydrogens (tertiary/aromatic N) is 4. The van der Waals surface area contributed by atoms with Crippen LogP contribution in [-0.2, 0) is 0 Å². The Morgan fingerprint density at radius 2 is 1.24 bits per heavy atom. The smallest absolute Gasteiger partial charge is 0.164 e. The van der Waals surface area contributed by atoms with E-state index in [1.54, 1.807) is 0 Å². The van der Waals surface area contributed by atoms with Crippen molar-refractivity contribution in [2.75, 3.05) is 4.90 Å². The second-order valence-corrected chi connectivity index (χ2v) is 13.1. The average Bonchev–Trinajstić information content (AvgIpc) is 3.87. The fourth-order valence-corrected chi connectivity index (χ4v) is 8.09. The molecule has 0 fully saturated rings. The maximum absolute atomic E-state index is 6.64. The lowest BCUT2D eigenvalue weighted by molar-refractivity contribution is 0.584. The molecule has 1 aliphatic carbocycles. The lowest BCUT2D eigenvalue weighted by atomic mass is 9.82. The van der Waals surface area contributed by atoms with Crippen molar-refractivity contribution in [2.24, 2.45) is 0 Å². The molecular weight excluding hydrogens is 629 g/mol. The molecule has 0 amide bonds. The first-order chi connectivity index (χ1) is 25.3. The van der Waals surface area contributed by atoms with Gasteiger partial charge in [0.2, 0.25) is 0 Å². The lowest BCUT2D eigenvalue weighted by Crippen LogP contribution is -2.30. The Morgan fingerprint density at radius 3 is 2.12 bits per heavy atom. The van der Waals surface area contributed by atoms with Crippen LogP contribution in [0.1, 0.15) is 22.8 Å². The normalized spacial score (nSPS) is 16.1. The van der Waals surface area contributed by atoms with Gasteiger partial charge in [-0.1, -0.05) is 103 Å². The summed E-state index contributed by atoms with van der Waals surface area (Å²) in [6.07, 6.45) is 4.42. The van der Waals surface area contributed by atoms with E-state index in [0.717, 1.165) is 66.6 Å². The van der Waals surface area contributed by atoms with E-state index < -0.39 is 0 Å². The summed E-state index contributed by atoms with van der Waals surface area (Å²) in [5.41, 5.74) is 10.0. The van der Waals surface area contributed by atoms with Crippen molar-refractivity contribution in [1.82, 2.24) is 15.0 Å². The number of hydrogen-bond acceptors (Lipinski definition) is 6. The predicted molar refractivity (Wildman–Crippen MR) is 203 cm³/mol. The van der Waals surface area contributed by atoms with Gasteiger partial charge < -0.3 is 13.7 Å². The monoisotopic (exact) mass is 656 g/mol.